The first kappa shape index (κ1) is 15.0. The van der Waals surface area contributed by atoms with Gasteiger partial charge in [0.25, 0.3) is 0 Å². The molecule has 1 rings (SSSR count). The number of nitrogens with zero attached hydrogens (tertiary/aromatic N) is 1. The standard InChI is InChI=1S/C15H32N2/c1-5-7-8-14(4)17-11-9-15(13(3)12-17)16-10-6-2/h13-16H,5-12H2,1-4H3. The van der Waals surface area contributed by atoms with E-state index in [0.717, 1.165) is 18.0 Å². The number of rotatable bonds is 7. The fourth-order valence-corrected chi connectivity index (χ4v) is 2.89. The molecule has 3 unspecified atom stereocenters. The molecule has 1 saturated heterocycles. The molecular weight excluding hydrogens is 208 g/mol. The molecule has 0 spiro atoms. The van der Waals surface area contributed by atoms with Gasteiger partial charge in [0, 0.05) is 18.6 Å². The normalized spacial score (nSPS) is 28.2. The van der Waals surface area contributed by atoms with Crippen molar-refractivity contribution in [3.63, 3.8) is 0 Å². The first-order valence-electron chi connectivity index (χ1n) is 7.66. The topological polar surface area (TPSA) is 15.3 Å². The molecule has 3 atom stereocenters. The molecule has 0 amide bonds. The molecule has 0 bridgehead atoms. The van der Waals surface area contributed by atoms with Crippen molar-refractivity contribution in [3.8, 4) is 0 Å². The van der Waals surface area contributed by atoms with E-state index >= 15 is 0 Å². The summed E-state index contributed by atoms with van der Waals surface area (Å²) in [5.74, 6) is 0.805. The highest BCUT2D eigenvalue weighted by Crippen LogP contribution is 2.20. The monoisotopic (exact) mass is 240 g/mol. The van der Waals surface area contributed by atoms with Gasteiger partial charge >= 0.3 is 0 Å². The van der Waals surface area contributed by atoms with Gasteiger partial charge in [-0.3, -0.25) is 0 Å². The summed E-state index contributed by atoms with van der Waals surface area (Å²) in [6.45, 7) is 13.1. The van der Waals surface area contributed by atoms with Crippen molar-refractivity contribution in [3.05, 3.63) is 0 Å². The zero-order valence-corrected chi connectivity index (χ0v) is 12.3. The zero-order valence-electron chi connectivity index (χ0n) is 12.3. The molecule has 1 N–H and O–H groups in total. The highest BCUT2D eigenvalue weighted by molar-refractivity contribution is 4.84. The molecule has 0 aromatic carbocycles. The van der Waals surface area contributed by atoms with Gasteiger partial charge in [-0.2, -0.15) is 0 Å². The lowest BCUT2D eigenvalue weighted by molar-refractivity contribution is 0.106. The van der Waals surface area contributed by atoms with Gasteiger partial charge in [-0.15, -0.1) is 0 Å². The number of hydrogen-bond acceptors (Lipinski definition) is 2. The quantitative estimate of drug-likeness (QED) is 0.735. The number of piperidine rings is 1. The van der Waals surface area contributed by atoms with Crippen LogP contribution >= 0.6 is 0 Å². The predicted octanol–water partition coefficient (Wildman–Crippen LogP) is 3.28. The maximum atomic E-state index is 3.70. The lowest BCUT2D eigenvalue weighted by Gasteiger charge is -2.40. The van der Waals surface area contributed by atoms with E-state index < -0.39 is 0 Å². The van der Waals surface area contributed by atoms with E-state index in [2.05, 4.69) is 37.9 Å². The molecule has 2 heteroatoms. The lowest BCUT2D eigenvalue weighted by atomic mass is 9.92. The van der Waals surface area contributed by atoms with Crippen LogP contribution in [0.5, 0.6) is 0 Å². The summed E-state index contributed by atoms with van der Waals surface area (Å²) in [5.41, 5.74) is 0. The molecule has 1 aliphatic heterocycles. The molecule has 102 valence electrons. The van der Waals surface area contributed by atoms with E-state index in [1.807, 2.05) is 0 Å². The Balaban J connectivity index is 2.30. The van der Waals surface area contributed by atoms with Gasteiger partial charge in [-0.1, -0.05) is 33.6 Å². The highest BCUT2D eigenvalue weighted by Gasteiger charge is 2.27. The Labute approximate surface area is 108 Å². The van der Waals surface area contributed by atoms with Crippen LogP contribution in [0.2, 0.25) is 0 Å². The third-order valence-electron chi connectivity index (χ3n) is 4.19. The number of hydrogen-bond donors (Lipinski definition) is 1. The second-order valence-corrected chi connectivity index (χ2v) is 5.81. The van der Waals surface area contributed by atoms with Crippen LogP contribution in [0.4, 0.5) is 0 Å². The van der Waals surface area contributed by atoms with E-state index in [4.69, 9.17) is 0 Å². The minimum atomic E-state index is 0.754. The fraction of sp³-hybridized carbons (Fsp3) is 1.00. The van der Waals surface area contributed by atoms with Gasteiger partial charge in [0.2, 0.25) is 0 Å². The Morgan fingerprint density at radius 3 is 2.65 bits per heavy atom. The number of unbranched alkanes of at least 4 members (excludes halogenated alkanes) is 1. The SMILES string of the molecule is CCCCC(C)N1CCC(NCCC)C(C)C1. The summed E-state index contributed by atoms with van der Waals surface area (Å²) >= 11 is 0. The Morgan fingerprint density at radius 1 is 1.29 bits per heavy atom. The van der Waals surface area contributed by atoms with Crippen molar-refractivity contribution < 1.29 is 0 Å². The van der Waals surface area contributed by atoms with Gasteiger partial charge in [0.05, 0.1) is 0 Å². The minimum absolute atomic E-state index is 0.754. The Hall–Kier alpha value is -0.0800. The second kappa shape index (κ2) is 8.10. The second-order valence-electron chi connectivity index (χ2n) is 5.81. The highest BCUT2D eigenvalue weighted by atomic mass is 15.2. The first-order valence-corrected chi connectivity index (χ1v) is 7.66. The van der Waals surface area contributed by atoms with E-state index in [-0.39, 0.29) is 0 Å². The summed E-state index contributed by atoms with van der Waals surface area (Å²) < 4.78 is 0. The summed E-state index contributed by atoms with van der Waals surface area (Å²) in [6.07, 6.45) is 6.66. The van der Waals surface area contributed by atoms with Gasteiger partial charge in [0.1, 0.15) is 0 Å². The van der Waals surface area contributed by atoms with Crippen molar-refractivity contribution in [2.75, 3.05) is 19.6 Å². The third kappa shape index (κ3) is 4.97. The molecule has 1 fully saturated rings. The Bertz CT molecular complexity index is 193. The van der Waals surface area contributed by atoms with Crippen LogP contribution in [-0.2, 0) is 0 Å². The van der Waals surface area contributed by atoms with Crippen LogP contribution in [0.25, 0.3) is 0 Å². The van der Waals surface area contributed by atoms with Crippen molar-refractivity contribution in [1.82, 2.24) is 10.2 Å². The van der Waals surface area contributed by atoms with E-state index in [1.54, 1.807) is 0 Å². The number of nitrogens with one attached hydrogen (secondary N) is 1. The average molecular weight is 240 g/mol. The molecule has 0 saturated carbocycles. The van der Waals surface area contributed by atoms with Gasteiger partial charge in [-0.05, 0) is 45.2 Å². The van der Waals surface area contributed by atoms with Crippen molar-refractivity contribution in [2.24, 2.45) is 5.92 Å². The van der Waals surface area contributed by atoms with Crippen LogP contribution in [-0.4, -0.2) is 36.6 Å². The molecule has 1 heterocycles. The van der Waals surface area contributed by atoms with Crippen molar-refractivity contribution >= 4 is 0 Å². The van der Waals surface area contributed by atoms with Crippen molar-refractivity contribution in [2.45, 2.75) is 71.9 Å². The molecular formula is C15H32N2. The number of likely N-dealkylation sites (tertiary alicyclic amines) is 1. The molecule has 0 aliphatic carbocycles. The van der Waals surface area contributed by atoms with E-state index in [1.165, 1.54) is 51.7 Å². The predicted molar refractivity (Wildman–Crippen MR) is 76.4 cm³/mol. The Morgan fingerprint density at radius 2 is 2.06 bits per heavy atom. The van der Waals surface area contributed by atoms with Crippen LogP contribution in [0.15, 0.2) is 0 Å². The van der Waals surface area contributed by atoms with Crippen LogP contribution in [0.3, 0.4) is 0 Å². The molecule has 1 aliphatic rings. The summed E-state index contributed by atoms with van der Waals surface area (Å²) in [4.78, 5) is 2.70. The Kier molecular flexibility index (Phi) is 7.14. The smallest absolute Gasteiger partial charge is 0.0117 e. The van der Waals surface area contributed by atoms with Crippen molar-refractivity contribution in [1.29, 1.82) is 0 Å². The van der Waals surface area contributed by atoms with E-state index in [0.29, 0.717) is 0 Å². The van der Waals surface area contributed by atoms with E-state index in [9.17, 15) is 0 Å². The summed E-state index contributed by atoms with van der Waals surface area (Å²) in [6, 6.07) is 1.54. The molecule has 0 aromatic heterocycles. The van der Waals surface area contributed by atoms with Crippen LogP contribution in [0.1, 0.15) is 59.8 Å². The zero-order chi connectivity index (χ0) is 12.7. The van der Waals surface area contributed by atoms with Gasteiger partial charge < -0.3 is 10.2 Å². The minimum Gasteiger partial charge on any atom is -0.314 e. The molecule has 0 radical (unpaired) electrons. The maximum absolute atomic E-state index is 3.70. The molecule has 0 aromatic rings. The molecule has 2 nitrogen and oxygen atoms in total. The average Bonchev–Trinajstić information content (AvgIpc) is 2.34. The lowest BCUT2D eigenvalue weighted by Crippen LogP contribution is -2.50. The third-order valence-corrected chi connectivity index (χ3v) is 4.19. The summed E-state index contributed by atoms with van der Waals surface area (Å²) in [5, 5.41) is 3.70. The first-order chi connectivity index (χ1) is 8.19. The van der Waals surface area contributed by atoms with Crippen LogP contribution in [0, 0.1) is 5.92 Å². The fourth-order valence-electron chi connectivity index (χ4n) is 2.89. The van der Waals surface area contributed by atoms with Crippen LogP contribution < -0.4 is 5.32 Å². The summed E-state index contributed by atoms with van der Waals surface area (Å²) in [7, 11) is 0. The molecule has 17 heavy (non-hydrogen) atoms. The van der Waals surface area contributed by atoms with Gasteiger partial charge in [-0.25, -0.2) is 0 Å². The maximum Gasteiger partial charge on any atom is 0.0117 e. The largest absolute Gasteiger partial charge is 0.314 e. The van der Waals surface area contributed by atoms with Gasteiger partial charge in [0.15, 0.2) is 0 Å².